The topological polar surface area (TPSA) is 32.8 Å². The minimum atomic E-state index is -0.367. The monoisotopic (exact) mass is 334 g/mol. The third kappa shape index (κ3) is 3.56. The number of likely N-dealkylation sites (N-methyl/N-ethyl adjacent to an activating group) is 1. The number of carbonyl (C=O) groups is 1. The van der Waals surface area contributed by atoms with Gasteiger partial charge in [0.2, 0.25) is 5.91 Å². The Morgan fingerprint density at radius 3 is 2.67 bits per heavy atom. The van der Waals surface area contributed by atoms with E-state index in [1.165, 1.54) is 26.0 Å². The normalized spacial score (nSPS) is 24.5. The zero-order chi connectivity index (χ0) is 17.1. The van der Waals surface area contributed by atoms with Gasteiger partial charge in [-0.05, 0) is 63.4 Å². The Balaban J connectivity index is 1.59. The number of rotatable bonds is 5. The second-order valence-electron chi connectivity index (χ2n) is 6.96. The molecule has 5 heteroatoms. The van der Waals surface area contributed by atoms with Crippen molar-refractivity contribution in [2.45, 2.75) is 50.6 Å². The van der Waals surface area contributed by atoms with Crippen LogP contribution in [0.1, 0.15) is 37.7 Å². The fraction of sp³-hybridized carbons (Fsp3) is 0.632. The Labute approximate surface area is 143 Å². The summed E-state index contributed by atoms with van der Waals surface area (Å²) in [4.78, 5) is 17.2. The van der Waals surface area contributed by atoms with Crippen LogP contribution in [0, 0.1) is 5.82 Å². The van der Waals surface area contributed by atoms with Crippen LogP contribution in [0.15, 0.2) is 18.2 Å². The third-order valence-corrected chi connectivity index (χ3v) is 5.48. The lowest BCUT2D eigenvalue weighted by molar-refractivity contribution is -0.132. The number of hydrogen-bond donors (Lipinski definition) is 0. The Hall–Kier alpha value is -1.62. The fourth-order valence-electron chi connectivity index (χ4n) is 4.18. The summed E-state index contributed by atoms with van der Waals surface area (Å²) in [6.07, 6.45) is 5.64. The number of halogens is 1. The second-order valence-corrected chi connectivity index (χ2v) is 6.96. The Morgan fingerprint density at radius 1 is 1.25 bits per heavy atom. The average molecular weight is 334 g/mol. The molecule has 2 fully saturated rings. The van der Waals surface area contributed by atoms with Crippen molar-refractivity contribution in [2.24, 2.45) is 0 Å². The lowest BCUT2D eigenvalue weighted by Crippen LogP contribution is -2.47. The predicted molar refractivity (Wildman–Crippen MR) is 91.7 cm³/mol. The van der Waals surface area contributed by atoms with Crippen LogP contribution in [0.4, 0.5) is 4.39 Å². The van der Waals surface area contributed by atoms with Gasteiger partial charge in [0.25, 0.3) is 0 Å². The fourth-order valence-corrected chi connectivity index (χ4v) is 4.18. The van der Waals surface area contributed by atoms with Crippen LogP contribution in [-0.2, 0) is 11.2 Å². The molecule has 0 saturated carbocycles. The van der Waals surface area contributed by atoms with Crippen LogP contribution in [-0.4, -0.2) is 55.0 Å². The van der Waals surface area contributed by atoms with Gasteiger partial charge in [0, 0.05) is 25.0 Å². The maximum atomic E-state index is 13.8. The molecule has 4 nitrogen and oxygen atoms in total. The lowest BCUT2D eigenvalue weighted by Gasteiger charge is -2.33. The number of methoxy groups -OCH3 is 1. The molecule has 2 heterocycles. The number of amides is 1. The van der Waals surface area contributed by atoms with Gasteiger partial charge in [0.05, 0.1) is 7.11 Å². The van der Waals surface area contributed by atoms with Crippen LogP contribution < -0.4 is 4.74 Å². The molecule has 0 aliphatic carbocycles. The van der Waals surface area contributed by atoms with E-state index in [1.807, 2.05) is 6.07 Å². The van der Waals surface area contributed by atoms with Crippen molar-refractivity contribution < 1.29 is 13.9 Å². The van der Waals surface area contributed by atoms with E-state index in [-0.39, 0.29) is 17.5 Å². The summed E-state index contributed by atoms with van der Waals surface area (Å²) in [5, 5.41) is 0. The quantitative estimate of drug-likeness (QED) is 0.830. The van der Waals surface area contributed by atoms with E-state index in [0.717, 1.165) is 31.5 Å². The number of benzene rings is 1. The molecule has 2 aliphatic heterocycles. The molecule has 2 aliphatic rings. The number of hydrogen-bond acceptors (Lipinski definition) is 3. The van der Waals surface area contributed by atoms with Crippen molar-refractivity contribution in [3.8, 4) is 5.75 Å². The Bertz CT molecular complexity index is 593. The molecule has 2 atom stereocenters. The summed E-state index contributed by atoms with van der Waals surface area (Å²) < 4.78 is 18.7. The van der Waals surface area contributed by atoms with Crippen molar-refractivity contribution in [1.29, 1.82) is 0 Å². The lowest BCUT2D eigenvalue weighted by atomic mass is 10.0. The number of aryl methyl sites for hydroxylation is 1. The van der Waals surface area contributed by atoms with Gasteiger partial charge >= 0.3 is 0 Å². The van der Waals surface area contributed by atoms with Gasteiger partial charge < -0.3 is 14.5 Å². The van der Waals surface area contributed by atoms with Gasteiger partial charge in [-0.3, -0.25) is 4.79 Å². The highest BCUT2D eigenvalue weighted by molar-refractivity contribution is 5.77. The maximum absolute atomic E-state index is 13.8. The number of nitrogens with zero attached hydrogens (tertiary/aromatic N) is 2. The molecule has 24 heavy (non-hydrogen) atoms. The Morgan fingerprint density at radius 2 is 2.00 bits per heavy atom. The van der Waals surface area contributed by atoms with E-state index in [1.54, 1.807) is 6.07 Å². The molecule has 0 unspecified atom stereocenters. The van der Waals surface area contributed by atoms with Crippen LogP contribution in [0.2, 0.25) is 0 Å². The average Bonchev–Trinajstić information content (AvgIpc) is 3.21. The van der Waals surface area contributed by atoms with E-state index < -0.39 is 0 Å². The number of carbonyl (C=O) groups excluding carboxylic acids is 1. The van der Waals surface area contributed by atoms with Crippen molar-refractivity contribution in [3.05, 3.63) is 29.6 Å². The molecule has 2 saturated heterocycles. The zero-order valence-corrected chi connectivity index (χ0v) is 14.6. The minimum Gasteiger partial charge on any atom is -0.494 e. The van der Waals surface area contributed by atoms with E-state index in [9.17, 15) is 9.18 Å². The smallest absolute Gasteiger partial charge is 0.223 e. The molecule has 0 bridgehead atoms. The van der Waals surface area contributed by atoms with Gasteiger partial charge in [-0.2, -0.15) is 0 Å². The highest BCUT2D eigenvalue weighted by Gasteiger charge is 2.37. The first-order valence-corrected chi connectivity index (χ1v) is 8.92. The summed E-state index contributed by atoms with van der Waals surface area (Å²) in [7, 11) is 3.62. The van der Waals surface area contributed by atoms with Crippen molar-refractivity contribution in [2.75, 3.05) is 27.2 Å². The molecule has 132 valence electrons. The van der Waals surface area contributed by atoms with Gasteiger partial charge in [0.15, 0.2) is 11.6 Å². The minimum absolute atomic E-state index is 0.203. The second kappa shape index (κ2) is 7.51. The standard InChI is InChI=1S/C19H27FN2O2/c1-21-11-3-5-16(21)17-6-4-12-22(17)19(23)10-8-14-7-9-18(24-2)15(20)13-14/h7,9,13,16-17H,3-6,8,10-12H2,1-2H3/t16-,17-/m0/s1. The Kier molecular flexibility index (Phi) is 5.39. The van der Waals surface area contributed by atoms with Gasteiger partial charge in [-0.1, -0.05) is 6.07 Å². The molecular formula is C19H27FN2O2. The van der Waals surface area contributed by atoms with Crippen molar-refractivity contribution >= 4 is 5.91 Å². The number of likely N-dealkylation sites (tertiary alicyclic amines) is 2. The van der Waals surface area contributed by atoms with E-state index in [0.29, 0.717) is 24.9 Å². The zero-order valence-electron chi connectivity index (χ0n) is 14.6. The predicted octanol–water partition coefficient (Wildman–Crippen LogP) is 2.85. The molecular weight excluding hydrogens is 307 g/mol. The highest BCUT2D eigenvalue weighted by atomic mass is 19.1. The molecule has 1 aromatic carbocycles. The first-order valence-electron chi connectivity index (χ1n) is 8.92. The molecule has 3 rings (SSSR count). The summed E-state index contributed by atoms with van der Waals surface area (Å²) in [5.41, 5.74) is 0.843. The highest BCUT2D eigenvalue weighted by Crippen LogP contribution is 2.29. The van der Waals surface area contributed by atoms with Crippen LogP contribution in [0.25, 0.3) is 0 Å². The van der Waals surface area contributed by atoms with Crippen LogP contribution in [0.3, 0.4) is 0 Å². The molecule has 1 amide bonds. The maximum Gasteiger partial charge on any atom is 0.223 e. The molecule has 0 radical (unpaired) electrons. The van der Waals surface area contributed by atoms with Crippen LogP contribution >= 0.6 is 0 Å². The number of ether oxygens (including phenoxy) is 1. The first kappa shape index (κ1) is 17.2. The van der Waals surface area contributed by atoms with Crippen molar-refractivity contribution in [3.63, 3.8) is 0 Å². The SMILES string of the molecule is COc1ccc(CCC(=O)N2CCC[C@H]2[C@@H]2CCCN2C)cc1F. The largest absolute Gasteiger partial charge is 0.494 e. The van der Waals surface area contributed by atoms with Gasteiger partial charge in [-0.15, -0.1) is 0 Å². The van der Waals surface area contributed by atoms with Crippen LogP contribution in [0.5, 0.6) is 5.75 Å². The molecule has 1 aromatic rings. The summed E-state index contributed by atoms with van der Waals surface area (Å²) in [6, 6.07) is 5.80. The van der Waals surface area contributed by atoms with Gasteiger partial charge in [-0.25, -0.2) is 4.39 Å². The van der Waals surface area contributed by atoms with E-state index in [2.05, 4.69) is 16.8 Å². The summed E-state index contributed by atoms with van der Waals surface area (Å²) in [6.45, 7) is 2.00. The van der Waals surface area contributed by atoms with Gasteiger partial charge in [0.1, 0.15) is 0 Å². The molecule has 0 spiro atoms. The molecule has 0 aromatic heterocycles. The molecule has 0 N–H and O–H groups in total. The van der Waals surface area contributed by atoms with E-state index >= 15 is 0 Å². The summed E-state index contributed by atoms with van der Waals surface area (Å²) in [5.74, 6) is 0.0806. The van der Waals surface area contributed by atoms with Crippen molar-refractivity contribution in [1.82, 2.24) is 9.80 Å². The van der Waals surface area contributed by atoms with E-state index in [4.69, 9.17) is 4.74 Å². The first-order chi connectivity index (χ1) is 11.6. The summed E-state index contributed by atoms with van der Waals surface area (Å²) >= 11 is 0. The third-order valence-electron chi connectivity index (χ3n) is 5.48.